The molecule has 0 saturated heterocycles. The first-order chi connectivity index (χ1) is 11.9. The molecule has 0 aliphatic rings. The number of benzene rings is 2. The van der Waals surface area contributed by atoms with Crippen molar-refractivity contribution in [1.29, 1.82) is 0 Å². The maximum absolute atomic E-state index is 12.1. The summed E-state index contributed by atoms with van der Waals surface area (Å²) in [6.07, 6.45) is 0. The molecule has 0 heterocycles. The van der Waals surface area contributed by atoms with Crippen LogP contribution in [-0.4, -0.2) is 31.8 Å². The lowest BCUT2D eigenvalue weighted by Gasteiger charge is -2.13. The molecule has 25 heavy (non-hydrogen) atoms. The van der Waals surface area contributed by atoms with E-state index in [1.54, 1.807) is 42.5 Å². The SMILES string of the molecule is CC(=O)Nc1ccc(C(=O)NNC(=O)c2cccc(N(C)C)c2)cc1. The molecule has 7 nitrogen and oxygen atoms in total. The standard InChI is InChI=1S/C18H20N4O3/c1-12(23)19-15-9-7-13(8-10-15)17(24)20-21-18(25)14-5-4-6-16(11-14)22(2)3/h4-11H,1-3H3,(H,19,23)(H,20,24)(H,21,25). The van der Waals surface area contributed by atoms with Crippen LogP contribution in [0, 0.1) is 0 Å². The molecule has 0 aliphatic carbocycles. The lowest BCUT2D eigenvalue weighted by atomic mass is 10.2. The summed E-state index contributed by atoms with van der Waals surface area (Å²) in [7, 11) is 3.76. The Morgan fingerprint density at radius 2 is 1.44 bits per heavy atom. The van der Waals surface area contributed by atoms with Gasteiger partial charge in [-0.1, -0.05) is 6.07 Å². The molecule has 0 atom stereocenters. The second-order valence-electron chi connectivity index (χ2n) is 5.61. The molecule has 0 spiro atoms. The summed E-state index contributed by atoms with van der Waals surface area (Å²) in [5.74, 6) is -1.05. The Morgan fingerprint density at radius 3 is 2.00 bits per heavy atom. The van der Waals surface area contributed by atoms with Gasteiger partial charge in [0.1, 0.15) is 0 Å². The van der Waals surface area contributed by atoms with E-state index in [4.69, 9.17) is 0 Å². The maximum Gasteiger partial charge on any atom is 0.269 e. The average Bonchev–Trinajstić information content (AvgIpc) is 2.59. The number of anilines is 2. The van der Waals surface area contributed by atoms with Gasteiger partial charge in [-0.3, -0.25) is 25.2 Å². The van der Waals surface area contributed by atoms with E-state index in [0.717, 1.165) is 5.69 Å². The number of rotatable bonds is 4. The minimum Gasteiger partial charge on any atom is -0.378 e. The number of nitrogens with zero attached hydrogens (tertiary/aromatic N) is 1. The van der Waals surface area contributed by atoms with Crippen LogP contribution in [0.25, 0.3) is 0 Å². The summed E-state index contributed by atoms with van der Waals surface area (Å²) < 4.78 is 0. The zero-order chi connectivity index (χ0) is 18.4. The van der Waals surface area contributed by atoms with E-state index in [0.29, 0.717) is 16.8 Å². The number of hydrazine groups is 1. The molecule has 3 N–H and O–H groups in total. The third kappa shape index (κ3) is 5.07. The fourth-order valence-corrected chi connectivity index (χ4v) is 2.09. The number of hydrogen-bond donors (Lipinski definition) is 3. The van der Waals surface area contributed by atoms with Crippen LogP contribution in [0.2, 0.25) is 0 Å². The Labute approximate surface area is 146 Å². The summed E-state index contributed by atoms with van der Waals surface area (Å²) in [6.45, 7) is 1.40. The van der Waals surface area contributed by atoms with Crippen molar-refractivity contribution >= 4 is 29.1 Å². The number of carbonyl (C=O) groups is 3. The van der Waals surface area contributed by atoms with Crippen molar-refractivity contribution in [3.05, 3.63) is 59.7 Å². The topological polar surface area (TPSA) is 90.5 Å². The summed E-state index contributed by atoms with van der Waals surface area (Å²) >= 11 is 0. The van der Waals surface area contributed by atoms with Crippen molar-refractivity contribution in [2.45, 2.75) is 6.92 Å². The summed E-state index contributed by atoms with van der Waals surface area (Å²) in [5.41, 5.74) is 7.02. The lowest BCUT2D eigenvalue weighted by Crippen LogP contribution is -2.41. The monoisotopic (exact) mass is 340 g/mol. The van der Waals surface area contributed by atoms with Gasteiger partial charge >= 0.3 is 0 Å². The zero-order valence-corrected chi connectivity index (χ0v) is 14.3. The highest BCUT2D eigenvalue weighted by atomic mass is 16.2. The fourth-order valence-electron chi connectivity index (χ4n) is 2.09. The number of amides is 3. The predicted octanol–water partition coefficient (Wildman–Crippen LogP) is 1.79. The van der Waals surface area contributed by atoms with E-state index in [9.17, 15) is 14.4 Å². The number of carbonyl (C=O) groups excluding carboxylic acids is 3. The van der Waals surface area contributed by atoms with Gasteiger partial charge in [0.05, 0.1) is 0 Å². The van der Waals surface area contributed by atoms with Crippen LogP contribution in [0.15, 0.2) is 48.5 Å². The highest BCUT2D eigenvalue weighted by Crippen LogP contribution is 2.13. The largest absolute Gasteiger partial charge is 0.378 e. The smallest absolute Gasteiger partial charge is 0.269 e. The first-order valence-electron chi connectivity index (χ1n) is 7.62. The Bertz CT molecular complexity index is 785. The molecule has 0 unspecified atom stereocenters. The molecule has 130 valence electrons. The van der Waals surface area contributed by atoms with E-state index < -0.39 is 11.8 Å². The molecule has 2 aromatic carbocycles. The molecular weight excluding hydrogens is 320 g/mol. The van der Waals surface area contributed by atoms with Crippen LogP contribution in [0.4, 0.5) is 11.4 Å². The van der Waals surface area contributed by atoms with Gasteiger partial charge in [0.2, 0.25) is 5.91 Å². The van der Waals surface area contributed by atoms with Crippen LogP contribution >= 0.6 is 0 Å². The van der Waals surface area contributed by atoms with Crippen molar-refractivity contribution < 1.29 is 14.4 Å². The highest BCUT2D eigenvalue weighted by molar-refractivity contribution is 5.99. The van der Waals surface area contributed by atoms with E-state index in [2.05, 4.69) is 16.2 Å². The van der Waals surface area contributed by atoms with Gasteiger partial charge in [0, 0.05) is 43.5 Å². The van der Waals surface area contributed by atoms with Gasteiger partial charge in [-0.05, 0) is 42.5 Å². The molecule has 0 bridgehead atoms. The Morgan fingerprint density at radius 1 is 0.840 bits per heavy atom. The normalized spacial score (nSPS) is 9.88. The first kappa shape index (κ1) is 18.0. The fraction of sp³-hybridized carbons (Fsp3) is 0.167. The molecule has 0 fully saturated rings. The molecule has 0 radical (unpaired) electrons. The Hall–Kier alpha value is -3.35. The van der Waals surface area contributed by atoms with Crippen LogP contribution in [-0.2, 0) is 4.79 Å². The highest BCUT2D eigenvalue weighted by Gasteiger charge is 2.10. The minimum atomic E-state index is -0.452. The maximum atomic E-state index is 12.1. The van der Waals surface area contributed by atoms with Crippen LogP contribution in [0.1, 0.15) is 27.6 Å². The number of hydrogen-bond acceptors (Lipinski definition) is 4. The van der Waals surface area contributed by atoms with Crippen molar-refractivity contribution in [2.75, 3.05) is 24.3 Å². The molecule has 0 aliphatic heterocycles. The average molecular weight is 340 g/mol. The molecular formula is C18H20N4O3. The Kier molecular flexibility index (Phi) is 5.73. The summed E-state index contributed by atoms with van der Waals surface area (Å²) in [4.78, 5) is 37.1. The van der Waals surface area contributed by atoms with E-state index in [1.165, 1.54) is 6.92 Å². The van der Waals surface area contributed by atoms with E-state index >= 15 is 0 Å². The summed E-state index contributed by atoms with van der Waals surface area (Å²) in [6, 6.07) is 13.4. The van der Waals surface area contributed by atoms with Gasteiger partial charge < -0.3 is 10.2 Å². The van der Waals surface area contributed by atoms with Crippen molar-refractivity contribution in [3.8, 4) is 0 Å². The molecule has 0 aromatic heterocycles. The third-order valence-corrected chi connectivity index (χ3v) is 3.38. The van der Waals surface area contributed by atoms with Crippen molar-refractivity contribution in [2.24, 2.45) is 0 Å². The van der Waals surface area contributed by atoms with Crippen LogP contribution in [0.5, 0.6) is 0 Å². The van der Waals surface area contributed by atoms with Crippen LogP contribution in [0.3, 0.4) is 0 Å². The third-order valence-electron chi connectivity index (χ3n) is 3.38. The van der Waals surface area contributed by atoms with Crippen molar-refractivity contribution in [3.63, 3.8) is 0 Å². The lowest BCUT2D eigenvalue weighted by molar-refractivity contribution is -0.114. The molecule has 3 amide bonds. The molecule has 2 aromatic rings. The van der Waals surface area contributed by atoms with Gasteiger partial charge in [-0.25, -0.2) is 0 Å². The zero-order valence-electron chi connectivity index (χ0n) is 14.3. The molecule has 7 heteroatoms. The summed E-state index contributed by atoms with van der Waals surface area (Å²) in [5, 5.41) is 2.61. The van der Waals surface area contributed by atoms with E-state index in [1.807, 2.05) is 25.1 Å². The second-order valence-corrected chi connectivity index (χ2v) is 5.61. The van der Waals surface area contributed by atoms with Crippen LogP contribution < -0.4 is 21.1 Å². The quantitative estimate of drug-likeness (QED) is 0.740. The molecule has 0 saturated carbocycles. The van der Waals surface area contributed by atoms with Gasteiger partial charge in [-0.2, -0.15) is 0 Å². The van der Waals surface area contributed by atoms with E-state index in [-0.39, 0.29) is 5.91 Å². The van der Waals surface area contributed by atoms with Gasteiger partial charge in [-0.15, -0.1) is 0 Å². The number of nitrogens with one attached hydrogen (secondary N) is 3. The second kappa shape index (κ2) is 7.96. The first-order valence-corrected chi connectivity index (χ1v) is 7.62. The molecule has 2 rings (SSSR count). The minimum absolute atomic E-state index is 0.190. The van der Waals surface area contributed by atoms with Gasteiger partial charge in [0.15, 0.2) is 0 Å². The predicted molar refractivity (Wildman–Crippen MR) is 96.4 cm³/mol. The van der Waals surface area contributed by atoms with Gasteiger partial charge in [0.25, 0.3) is 11.8 Å². The van der Waals surface area contributed by atoms with Crippen molar-refractivity contribution in [1.82, 2.24) is 10.9 Å². The Balaban J connectivity index is 1.96.